The van der Waals surface area contributed by atoms with Crippen LogP contribution in [0, 0.1) is 0 Å². The van der Waals surface area contributed by atoms with Crippen molar-refractivity contribution in [2.75, 3.05) is 0 Å². The quantitative estimate of drug-likeness (QED) is 0.0592. The fourth-order valence-electron chi connectivity index (χ4n) is 23.0. The molecule has 7 aliphatic rings. The van der Waals surface area contributed by atoms with Gasteiger partial charge in [0.25, 0.3) is 0 Å². The van der Waals surface area contributed by atoms with E-state index in [1.807, 2.05) is 42.5 Å². The molecule has 6 aliphatic carbocycles. The van der Waals surface area contributed by atoms with E-state index in [2.05, 4.69) is 408 Å². The van der Waals surface area contributed by atoms with Gasteiger partial charge in [0.1, 0.15) is 10.3 Å². The molecule has 10 nitrogen and oxygen atoms in total. The molecule has 0 atom stereocenters. The van der Waals surface area contributed by atoms with Crippen LogP contribution in [0.4, 0.5) is 0 Å². The average molecular weight is 1820 g/mol. The van der Waals surface area contributed by atoms with Gasteiger partial charge in [-0.2, -0.15) is 0 Å². The first-order valence-corrected chi connectivity index (χ1v) is 47.0. The Kier molecular flexibility index (Phi) is 21.3. The van der Waals surface area contributed by atoms with E-state index in [-0.39, 0.29) is 15.6 Å². The van der Waals surface area contributed by atoms with Gasteiger partial charge in [0, 0.05) is 17.2 Å². The normalized spacial score (nSPS) is 15.0. The number of halogens is 3. The minimum atomic E-state index is -1.52. The van der Waals surface area contributed by atoms with Crippen LogP contribution in [-0.4, -0.2) is 72.6 Å². The van der Waals surface area contributed by atoms with Gasteiger partial charge in [0.2, 0.25) is 5.28 Å². The van der Waals surface area contributed by atoms with Crippen LogP contribution in [0.1, 0.15) is 117 Å². The number of hydrogen-bond acceptors (Lipinski definition) is 10. The summed E-state index contributed by atoms with van der Waals surface area (Å²) in [6.07, 6.45) is 0. The van der Waals surface area contributed by atoms with Gasteiger partial charge < -0.3 is 29.4 Å². The van der Waals surface area contributed by atoms with Gasteiger partial charge in [-0.25, -0.2) is 19.9 Å². The first kappa shape index (κ1) is 85.9. The first-order chi connectivity index (χ1) is 66.3. The molecule has 2 spiro atoms. The maximum Gasteiger partial charge on any atom is 0.494 e. The highest BCUT2D eigenvalue weighted by Crippen LogP contribution is 2.66. The summed E-state index contributed by atoms with van der Waals surface area (Å²) in [5, 5.41) is 40.4. The van der Waals surface area contributed by atoms with Crippen molar-refractivity contribution in [2.45, 2.75) is 60.6 Å². The highest BCUT2D eigenvalue weighted by atomic mass is 35.5. The van der Waals surface area contributed by atoms with E-state index in [1.165, 1.54) is 112 Å². The van der Waals surface area contributed by atoms with Crippen molar-refractivity contribution in [2.24, 2.45) is 0 Å². The molecule has 0 unspecified atom stereocenters. The van der Waals surface area contributed by atoms with Crippen molar-refractivity contribution in [3.63, 3.8) is 0 Å². The predicted molar refractivity (Wildman–Crippen MR) is 551 cm³/mol. The largest absolute Gasteiger partial charge is 0.494 e. The lowest BCUT2D eigenvalue weighted by molar-refractivity contribution is 0.00578. The van der Waals surface area contributed by atoms with Gasteiger partial charge in [-0.15, -0.1) is 0 Å². The molecule has 4 N–H and O–H groups in total. The zero-order chi connectivity index (χ0) is 92.6. The standard InChI is InChI=1S/C66H49BN2O2.C25H17BO2.C25H19BO2.C4HCl3N2/c1-63(2)64(3,4)71-67(70-63)46-26-19-21-42(39-46)59-41-60(43-37-38-50-49-29-13-17-34-55(49)66(58(50)40-43)53-32-15-11-27-47(53)48-28-12-16-33-54(48)66)69-62(68-59)52-31-20-36-57-61(52)51-30-14-18-35-56(51)65(57,44-22-7-5-8-23-44)45-24-9-6-10-25-45;27-26(28)16-13-14-20-19-9-3-6-12-23(19)25(24(20)15-16)21-10-4-1-7-17(21)18-8-2-5-11-22(18)25;27-26(28)23-17-9-16-22-24(23)20-14-7-8-15-21(20)25(22,18-10-3-1-4-11-18)19-12-5-2-6-13-19;5-2-1-3(6)9-4(7)8-2/h5-41H,1-4H3;1-15,27-28H;1-17,27-28H;1H. The molecule has 1 aliphatic heterocycles. The van der Waals surface area contributed by atoms with Crippen LogP contribution in [0.5, 0.6) is 0 Å². The van der Waals surface area contributed by atoms with Crippen molar-refractivity contribution in [3.05, 3.63) is 529 Å². The smallest absolute Gasteiger partial charge is 0.423 e. The summed E-state index contributed by atoms with van der Waals surface area (Å²) in [4.78, 5) is 18.4. The Morgan fingerprint density at radius 1 is 0.250 bits per heavy atom. The Balaban J connectivity index is 0.000000129. The van der Waals surface area contributed by atoms with E-state index >= 15 is 0 Å². The van der Waals surface area contributed by atoms with Crippen LogP contribution in [0.3, 0.4) is 0 Å². The highest BCUT2D eigenvalue weighted by Gasteiger charge is 2.56. The summed E-state index contributed by atoms with van der Waals surface area (Å²) in [6, 6.07) is 150. The first-order valence-electron chi connectivity index (χ1n) is 45.8. The molecule has 1 saturated heterocycles. The second-order valence-corrected chi connectivity index (χ2v) is 37.7. The van der Waals surface area contributed by atoms with Crippen molar-refractivity contribution < 1.29 is 29.4 Å². The van der Waals surface area contributed by atoms with Crippen molar-refractivity contribution in [1.29, 1.82) is 0 Å². The molecule has 1 fully saturated rings. The third kappa shape index (κ3) is 13.3. The molecule has 19 aromatic rings. The Morgan fingerprint density at radius 2 is 0.566 bits per heavy atom. The van der Waals surface area contributed by atoms with Gasteiger partial charge in [-0.3, -0.25) is 0 Å². The molecule has 0 amide bonds. The number of fused-ring (bicyclic) bond motifs is 26. The zero-order valence-electron chi connectivity index (χ0n) is 74.7. The maximum absolute atomic E-state index is 10.1. The SMILES string of the molecule is CC1(C)OB(c2cccc(-c3cc(-c4ccc5c(c4)C4(c6ccccc6-c6ccccc64)c4ccccc4-5)nc(-c4cccc5c4-c4ccccc4C5(c4ccccc4)c4ccccc4)n3)c2)OC1(C)C.Clc1cc(Cl)nc(Cl)n1.OB(O)c1ccc2c(c1)C1(c3ccccc3-c3ccccc31)c1ccccc1-2.OB(O)c1cccc2c1-c1ccccc1C2(c1ccccc1)c1ccccc1. The molecule has 26 rings (SSSR count). The van der Waals surface area contributed by atoms with Gasteiger partial charge >= 0.3 is 21.4 Å². The third-order valence-electron chi connectivity index (χ3n) is 29.2. The van der Waals surface area contributed by atoms with E-state index in [0.29, 0.717) is 16.8 Å². The molecule has 0 saturated carbocycles. The molecular formula is C120H86B3Cl3N4O6. The van der Waals surface area contributed by atoms with Crippen molar-refractivity contribution in [1.82, 2.24) is 19.9 Å². The molecule has 2 aromatic heterocycles. The minimum absolute atomic E-state index is 0.0625. The molecule has 17 aromatic carbocycles. The van der Waals surface area contributed by atoms with Crippen LogP contribution in [0.25, 0.3) is 101 Å². The monoisotopic (exact) mass is 1820 g/mol. The lowest BCUT2D eigenvalue weighted by atomic mass is 9.66. The van der Waals surface area contributed by atoms with E-state index in [1.54, 1.807) is 6.07 Å². The molecule has 3 heterocycles. The molecule has 136 heavy (non-hydrogen) atoms. The maximum atomic E-state index is 10.1. The van der Waals surface area contributed by atoms with Gasteiger partial charge in [-0.1, -0.05) is 430 Å². The van der Waals surface area contributed by atoms with Crippen LogP contribution in [0.2, 0.25) is 15.6 Å². The molecule has 0 bridgehead atoms. The molecule has 652 valence electrons. The Labute approximate surface area is 806 Å². The van der Waals surface area contributed by atoms with Gasteiger partial charge in [0.15, 0.2) is 5.82 Å². The second-order valence-electron chi connectivity index (χ2n) is 36.6. The van der Waals surface area contributed by atoms with Crippen LogP contribution in [-0.2, 0) is 31.0 Å². The summed E-state index contributed by atoms with van der Waals surface area (Å²) in [7, 11) is -3.53. The Bertz CT molecular complexity index is 7710. The van der Waals surface area contributed by atoms with Crippen LogP contribution in [0.15, 0.2) is 425 Å². The number of benzene rings is 17. The second kappa shape index (κ2) is 33.7. The topological polar surface area (TPSA) is 151 Å². The minimum Gasteiger partial charge on any atom is -0.423 e. The number of hydrogen-bond donors (Lipinski definition) is 4. The fraction of sp³-hybridized carbons (Fsp3) is 0.0833. The van der Waals surface area contributed by atoms with E-state index in [4.69, 9.17) is 54.1 Å². The summed E-state index contributed by atoms with van der Waals surface area (Å²) < 4.78 is 13.2. The van der Waals surface area contributed by atoms with Crippen LogP contribution < -0.4 is 16.4 Å². The van der Waals surface area contributed by atoms with Gasteiger partial charge in [0.05, 0.1) is 44.2 Å². The lowest BCUT2D eigenvalue weighted by Gasteiger charge is -2.33. The Hall–Kier alpha value is -14.3. The zero-order valence-corrected chi connectivity index (χ0v) is 76.9. The molecular weight excluding hydrogens is 1730 g/mol. The molecule has 0 radical (unpaired) electrons. The average Bonchev–Trinajstić information content (AvgIpc) is 1.51. The predicted octanol–water partition coefficient (Wildman–Crippen LogP) is 24.4. The van der Waals surface area contributed by atoms with E-state index in [9.17, 15) is 20.1 Å². The number of rotatable bonds is 10. The van der Waals surface area contributed by atoms with E-state index < -0.39 is 54.2 Å². The third-order valence-corrected chi connectivity index (χ3v) is 29.8. The highest BCUT2D eigenvalue weighted by molar-refractivity contribution is 6.62. The number of aromatic nitrogens is 4. The van der Waals surface area contributed by atoms with E-state index in [0.717, 1.165) is 83.6 Å². The summed E-state index contributed by atoms with van der Waals surface area (Å²) >= 11 is 16.2. The number of nitrogens with zero attached hydrogens (tertiary/aromatic N) is 4. The van der Waals surface area contributed by atoms with Crippen LogP contribution >= 0.6 is 34.8 Å². The van der Waals surface area contributed by atoms with Gasteiger partial charge in [-0.05, 0) is 229 Å². The Morgan fingerprint density at radius 3 is 0.963 bits per heavy atom. The molecule has 16 heteroatoms. The van der Waals surface area contributed by atoms with Crippen molar-refractivity contribution >= 4 is 72.5 Å². The lowest BCUT2D eigenvalue weighted by Crippen LogP contribution is -2.41. The summed E-state index contributed by atoms with van der Waals surface area (Å²) in [6.45, 7) is 8.40. The van der Waals surface area contributed by atoms with Crippen molar-refractivity contribution in [3.8, 4) is 101 Å². The summed E-state index contributed by atoms with van der Waals surface area (Å²) in [5.74, 6) is 0.664. The fourth-order valence-corrected chi connectivity index (χ4v) is 23.7. The summed E-state index contributed by atoms with van der Waals surface area (Å²) in [5.41, 5.74) is 37.5.